The van der Waals surface area contributed by atoms with E-state index >= 15 is 0 Å². The number of amides is 1. The van der Waals surface area contributed by atoms with Crippen LogP contribution in [0, 0.1) is 0 Å². The Bertz CT molecular complexity index is 790. The van der Waals surface area contributed by atoms with Gasteiger partial charge in [-0.15, -0.1) is 0 Å². The van der Waals surface area contributed by atoms with Gasteiger partial charge in [0.25, 0.3) is 0 Å². The van der Waals surface area contributed by atoms with E-state index in [9.17, 15) is 13.2 Å². The molecule has 0 aromatic heterocycles. The van der Waals surface area contributed by atoms with Crippen molar-refractivity contribution in [2.45, 2.75) is 44.4 Å². The van der Waals surface area contributed by atoms with Gasteiger partial charge in [0.15, 0.2) is 15.0 Å². The normalized spacial score (nSPS) is 25.5. The molecular weight excluding hydrogens is 372 g/mol. The Hall–Kier alpha value is -1.54. The summed E-state index contributed by atoms with van der Waals surface area (Å²) in [5.41, 5.74) is 0.840. The molecule has 3 rings (SSSR count). The number of ether oxygens (including phenoxy) is 1. The molecule has 0 aliphatic carbocycles. The van der Waals surface area contributed by atoms with Crippen LogP contribution in [0.4, 0.5) is 5.69 Å². The third kappa shape index (κ3) is 4.23. The van der Waals surface area contributed by atoms with E-state index in [1.807, 2.05) is 43.0 Å². The summed E-state index contributed by atoms with van der Waals surface area (Å²) in [6, 6.07) is 7.32. The molecule has 2 atom stereocenters. The first kappa shape index (κ1) is 19.2. The highest BCUT2D eigenvalue weighted by molar-refractivity contribution is 8.16. The molecule has 0 spiro atoms. The molecule has 2 unspecified atom stereocenters. The maximum atomic E-state index is 12.2. The third-order valence-electron chi connectivity index (χ3n) is 4.46. The molecule has 0 N–H and O–H groups in total. The van der Waals surface area contributed by atoms with E-state index in [4.69, 9.17) is 4.74 Å². The molecule has 8 heteroatoms. The van der Waals surface area contributed by atoms with Gasteiger partial charge in [0.2, 0.25) is 5.91 Å². The zero-order chi connectivity index (χ0) is 18.7. The van der Waals surface area contributed by atoms with Gasteiger partial charge in [-0.2, -0.15) is 4.99 Å². The van der Waals surface area contributed by atoms with Crippen molar-refractivity contribution >= 4 is 38.4 Å². The van der Waals surface area contributed by atoms with Gasteiger partial charge in [0.1, 0.15) is 5.75 Å². The van der Waals surface area contributed by atoms with Crippen LogP contribution in [0.1, 0.15) is 33.1 Å². The fourth-order valence-electron chi connectivity index (χ4n) is 3.23. The average molecular weight is 397 g/mol. The van der Waals surface area contributed by atoms with Gasteiger partial charge >= 0.3 is 0 Å². The minimum absolute atomic E-state index is 0.0794. The van der Waals surface area contributed by atoms with Crippen LogP contribution in [0.15, 0.2) is 29.3 Å². The molecule has 6 nitrogen and oxygen atoms in total. The monoisotopic (exact) mass is 396 g/mol. The minimum Gasteiger partial charge on any atom is -0.494 e. The van der Waals surface area contributed by atoms with E-state index in [-0.39, 0.29) is 28.7 Å². The van der Waals surface area contributed by atoms with Crippen LogP contribution < -0.4 is 9.64 Å². The molecule has 0 saturated carbocycles. The van der Waals surface area contributed by atoms with Gasteiger partial charge in [-0.1, -0.05) is 25.1 Å². The number of amidine groups is 1. The highest BCUT2D eigenvalue weighted by Gasteiger charge is 2.49. The second-order valence-electron chi connectivity index (χ2n) is 6.49. The summed E-state index contributed by atoms with van der Waals surface area (Å²) in [7, 11) is -3.06. The zero-order valence-corrected chi connectivity index (χ0v) is 16.7. The Morgan fingerprint density at radius 3 is 2.65 bits per heavy atom. The number of carbonyl (C=O) groups is 1. The predicted molar refractivity (Wildman–Crippen MR) is 106 cm³/mol. The number of sulfone groups is 1. The average Bonchev–Trinajstić information content (AvgIpc) is 3.05. The van der Waals surface area contributed by atoms with Gasteiger partial charge in [-0.25, -0.2) is 8.42 Å². The van der Waals surface area contributed by atoms with Crippen LogP contribution in [-0.2, 0) is 14.6 Å². The number of aliphatic imine (C=N–C) groups is 1. The Labute approximate surface area is 158 Å². The second kappa shape index (κ2) is 8.00. The lowest BCUT2D eigenvalue weighted by molar-refractivity contribution is -0.117. The van der Waals surface area contributed by atoms with Crippen LogP contribution >= 0.6 is 11.8 Å². The SMILES string of the molecule is CCCCC(=O)N=C1SC2CS(=O)(=O)CC2N1c1ccc(OCC)cc1. The Balaban J connectivity index is 1.89. The maximum Gasteiger partial charge on any atom is 0.248 e. The number of hydrogen-bond acceptors (Lipinski definition) is 5. The van der Waals surface area contributed by atoms with Crippen molar-refractivity contribution in [3.8, 4) is 5.75 Å². The zero-order valence-electron chi connectivity index (χ0n) is 15.1. The van der Waals surface area contributed by atoms with E-state index in [1.165, 1.54) is 11.8 Å². The molecule has 26 heavy (non-hydrogen) atoms. The van der Waals surface area contributed by atoms with Crippen molar-refractivity contribution in [2.75, 3.05) is 23.0 Å². The van der Waals surface area contributed by atoms with Crippen molar-refractivity contribution in [2.24, 2.45) is 4.99 Å². The topological polar surface area (TPSA) is 76.0 Å². The lowest BCUT2D eigenvalue weighted by Crippen LogP contribution is -2.37. The van der Waals surface area contributed by atoms with Gasteiger partial charge in [0.05, 0.1) is 24.2 Å². The quantitative estimate of drug-likeness (QED) is 0.736. The fourth-order valence-corrected chi connectivity index (χ4v) is 7.16. The molecule has 1 aromatic rings. The molecule has 0 radical (unpaired) electrons. The highest BCUT2D eigenvalue weighted by Crippen LogP contribution is 2.41. The lowest BCUT2D eigenvalue weighted by Gasteiger charge is -2.24. The molecule has 2 fully saturated rings. The minimum atomic E-state index is -3.06. The number of hydrogen-bond donors (Lipinski definition) is 0. The van der Waals surface area contributed by atoms with Crippen molar-refractivity contribution < 1.29 is 17.9 Å². The fraction of sp³-hybridized carbons (Fsp3) is 0.556. The van der Waals surface area contributed by atoms with Crippen molar-refractivity contribution in [3.05, 3.63) is 24.3 Å². The van der Waals surface area contributed by atoms with Gasteiger partial charge < -0.3 is 9.64 Å². The van der Waals surface area contributed by atoms with E-state index in [1.54, 1.807) is 0 Å². The lowest BCUT2D eigenvalue weighted by atomic mass is 10.2. The summed E-state index contributed by atoms with van der Waals surface area (Å²) in [5, 5.41) is 0.532. The van der Waals surface area contributed by atoms with Crippen LogP contribution in [0.5, 0.6) is 5.75 Å². The summed E-state index contributed by atoms with van der Waals surface area (Å²) >= 11 is 1.41. The molecule has 2 aliphatic rings. The van der Waals surface area contributed by atoms with E-state index in [2.05, 4.69) is 4.99 Å². The standard InChI is InChI=1S/C18H24N2O4S2/c1-3-5-6-17(21)19-18-20(13-7-9-14(10-8-13)24-4-2)15-11-26(22,23)12-16(15)25-18/h7-10,15-16H,3-6,11-12H2,1-2H3. The largest absolute Gasteiger partial charge is 0.494 e. The van der Waals surface area contributed by atoms with Crippen LogP contribution in [0.3, 0.4) is 0 Å². The summed E-state index contributed by atoms with van der Waals surface area (Å²) in [6.07, 6.45) is 2.17. The molecular formula is C18H24N2O4S2. The molecule has 2 heterocycles. The first-order chi connectivity index (χ1) is 12.4. The number of anilines is 1. The van der Waals surface area contributed by atoms with Crippen molar-refractivity contribution in [1.82, 2.24) is 0 Å². The smallest absolute Gasteiger partial charge is 0.248 e. The number of thioether (sulfide) groups is 1. The Morgan fingerprint density at radius 2 is 2.00 bits per heavy atom. The van der Waals surface area contributed by atoms with E-state index in [0.717, 1.165) is 24.3 Å². The second-order valence-corrected chi connectivity index (χ2v) is 9.85. The van der Waals surface area contributed by atoms with E-state index in [0.29, 0.717) is 18.2 Å². The molecule has 2 saturated heterocycles. The molecule has 142 valence electrons. The molecule has 0 bridgehead atoms. The first-order valence-electron chi connectivity index (χ1n) is 8.94. The Morgan fingerprint density at radius 1 is 1.27 bits per heavy atom. The molecule has 1 amide bonds. The van der Waals surface area contributed by atoms with Crippen LogP contribution in [0.2, 0.25) is 0 Å². The predicted octanol–water partition coefficient (Wildman–Crippen LogP) is 2.88. The maximum absolute atomic E-state index is 12.2. The Kier molecular flexibility index (Phi) is 5.92. The van der Waals surface area contributed by atoms with Crippen molar-refractivity contribution in [1.29, 1.82) is 0 Å². The van der Waals surface area contributed by atoms with Crippen molar-refractivity contribution in [3.63, 3.8) is 0 Å². The van der Waals surface area contributed by atoms with Crippen LogP contribution in [0.25, 0.3) is 0 Å². The summed E-state index contributed by atoms with van der Waals surface area (Å²) in [4.78, 5) is 18.4. The summed E-state index contributed by atoms with van der Waals surface area (Å²) in [5.74, 6) is 0.849. The number of carbonyl (C=O) groups excluding carboxylic acids is 1. The first-order valence-corrected chi connectivity index (χ1v) is 11.6. The van der Waals surface area contributed by atoms with Crippen LogP contribution in [-0.4, -0.2) is 48.9 Å². The number of unbranched alkanes of at least 4 members (excludes halogenated alkanes) is 1. The number of nitrogens with zero attached hydrogens (tertiary/aromatic N) is 2. The molecule has 1 aromatic carbocycles. The highest BCUT2D eigenvalue weighted by atomic mass is 32.2. The molecule has 2 aliphatic heterocycles. The summed E-state index contributed by atoms with van der Waals surface area (Å²) < 4.78 is 29.6. The number of rotatable bonds is 6. The van der Waals surface area contributed by atoms with Gasteiger partial charge in [-0.05, 0) is 37.6 Å². The van der Waals surface area contributed by atoms with Gasteiger partial charge in [-0.3, -0.25) is 4.79 Å². The number of benzene rings is 1. The number of fused-ring (bicyclic) bond motifs is 1. The summed E-state index contributed by atoms with van der Waals surface area (Å²) in [6.45, 7) is 4.54. The van der Waals surface area contributed by atoms with E-state index < -0.39 is 9.84 Å². The van der Waals surface area contributed by atoms with Gasteiger partial charge in [0, 0.05) is 17.4 Å². The third-order valence-corrected chi connectivity index (χ3v) is 7.67.